The van der Waals surface area contributed by atoms with Gasteiger partial charge in [-0.2, -0.15) is 0 Å². The van der Waals surface area contributed by atoms with Crippen molar-refractivity contribution in [3.05, 3.63) is 35.4 Å². The van der Waals surface area contributed by atoms with Gasteiger partial charge in [0.05, 0.1) is 19.3 Å². The Labute approximate surface area is 82.6 Å². The molecule has 3 heteroatoms. The van der Waals surface area contributed by atoms with Gasteiger partial charge in [-0.05, 0) is 17.7 Å². The summed E-state index contributed by atoms with van der Waals surface area (Å²) < 4.78 is 5.03. The summed E-state index contributed by atoms with van der Waals surface area (Å²) in [6.45, 7) is -0.00223. The maximum atomic E-state index is 10.6. The minimum atomic E-state index is -0.00223. The molecule has 0 saturated heterocycles. The van der Waals surface area contributed by atoms with Crippen molar-refractivity contribution < 1.29 is 14.6 Å². The SMILES string of the molecule is COc1cc(C=CCO)ccc1C=O. The molecule has 14 heavy (non-hydrogen) atoms. The highest BCUT2D eigenvalue weighted by Gasteiger charge is 2.00. The maximum Gasteiger partial charge on any atom is 0.153 e. The van der Waals surface area contributed by atoms with E-state index in [0.717, 1.165) is 11.8 Å². The number of benzene rings is 1. The van der Waals surface area contributed by atoms with Crippen molar-refractivity contribution in [1.29, 1.82) is 0 Å². The number of rotatable bonds is 4. The van der Waals surface area contributed by atoms with Gasteiger partial charge in [-0.25, -0.2) is 0 Å². The molecule has 3 nitrogen and oxygen atoms in total. The molecule has 0 fully saturated rings. The highest BCUT2D eigenvalue weighted by Crippen LogP contribution is 2.19. The van der Waals surface area contributed by atoms with E-state index in [2.05, 4.69) is 0 Å². The first-order valence-corrected chi connectivity index (χ1v) is 4.22. The van der Waals surface area contributed by atoms with Crippen LogP contribution in [0.4, 0.5) is 0 Å². The molecule has 1 aromatic rings. The predicted molar refractivity (Wildman–Crippen MR) is 54.5 cm³/mol. The zero-order valence-electron chi connectivity index (χ0n) is 7.93. The second-order valence-corrected chi connectivity index (χ2v) is 2.70. The van der Waals surface area contributed by atoms with Gasteiger partial charge < -0.3 is 9.84 Å². The first kappa shape index (κ1) is 10.5. The van der Waals surface area contributed by atoms with Crippen LogP contribution in [0.5, 0.6) is 5.75 Å². The molecule has 0 aliphatic carbocycles. The Morgan fingerprint density at radius 2 is 2.29 bits per heavy atom. The third-order valence-electron chi connectivity index (χ3n) is 1.80. The second kappa shape index (κ2) is 5.19. The minimum absolute atomic E-state index is 0.00223. The Balaban J connectivity index is 3.01. The van der Waals surface area contributed by atoms with Crippen molar-refractivity contribution in [3.8, 4) is 5.75 Å². The lowest BCUT2D eigenvalue weighted by atomic mass is 10.1. The summed E-state index contributed by atoms with van der Waals surface area (Å²) in [4.78, 5) is 10.6. The lowest BCUT2D eigenvalue weighted by Gasteiger charge is -2.03. The van der Waals surface area contributed by atoms with Crippen LogP contribution in [0, 0.1) is 0 Å². The number of carbonyl (C=O) groups is 1. The zero-order valence-corrected chi connectivity index (χ0v) is 7.93. The molecule has 1 aromatic carbocycles. The molecule has 0 aliphatic rings. The second-order valence-electron chi connectivity index (χ2n) is 2.70. The highest BCUT2D eigenvalue weighted by atomic mass is 16.5. The molecular formula is C11H12O3. The molecule has 0 unspecified atom stereocenters. The number of hydrogen-bond acceptors (Lipinski definition) is 3. The van der Waals surface area contributed by atoms with Crippen LogP contribution >= 0.6 is 0 Å². The van der Waals surface area contributed by atoms with Crippen molar-refractivity contribution in [2.75, 3.05) is 13.7 Å². The van der Waals surface area contributed by atoms with E-state index in [4.69, 9.17) is 9.84 Å². The minimum Gasteiger partial charge on any atom is -0.496 e. The summed E-state index contributed by atoms with van der Waals surface area (Å²) in [6, 6.07) is 5.22. The average molecular weight is 192 g/mol. The van der Waals surface area contributed by atoms with Crippen molar-refractivity contribution in [3.63, 3.8) is 0 Å². The van der Waals surface area contributed by atoms with Crippen LogP contribution in [0.2, 0.25) is 0 Å². The molecule has 74 valence electrons. The van der Waals surface area contributed by atoms with Gasteiger partial charge in [0.1, 0.15) is 5.75 Å². The van der Waals surface area contributed by atoms with Gasteiger partial charge >= 0.3 is 0 Å². The van der Waals surface area contributed by atoms with Gasteiger partial charge in [-0.3, -0.25) is 4.79 Å². The summed E-state index contributed by atoms with van der Waals surface area (Å²) in [5.41, 5.74) is 1.41. The number of aliphatic hydroxyl groups is 1. The van der Waals surface area contributed by atoms with Gasteiger partial charge in [0, 0.05) is 0 Å². The van der Waals surface area contributed by atoms with Crippen molar-refractivity contribution in [1.82, 2.24) is 0 Å². The van der Waals surface area contributed by atoms with Gasteiger partial charge in [-0.1, -0.05) is 18.2 Å². The van der Waals surface area contributed by atoms with Crippen LogP contribution in [0.15, 0.2) is 24.3 Å². The molecule has 1 N–H and O–H groups in total. The Hall–Kier alpha value is -1.61. The lowest BCUT2D eigenvalue weighted by molar-refractivity contribution is 0.112. The van der Waals surface area contributed by atoms with E-state index >= 15 is 0 Å². The Morgan fingerprint density at radius 3 is 2.86 bits per heavy atom. The molecule has 0 aliphatic heterocycles. The fourth-order valence-corrected chi connectivity index (χ4v) is 1.12. The molecule has 0 aromatic heterocycles. The third kappa shape index (κ3) is 2.44. The first-order valence-electron chi connectivity index (χ1n) is 4.22. The van der Waals surface area contributed by atoms with Gasteiger partial charge in [0.2, 0.25) is 0 Å². The fraction of sp³-hybridized carbons (Fsp3) is 0.182. The van der Waals surface area contributed by atoms with E-state index in [1.54, 1.807) is 30.4 Å². The van der Waals surface area contributed by atoms with Crippen LogP contribution < -0.4 is 4.74 Å². The van der Waals surface area contributed by atoms with Crippen molar-refractivity contribution in [2.24, 2.45) is 0 Å². The van der Waals surface area contributed by atoms with Crippen LogP contribution in [-0.2, 0) is 0 Å². The van der Waals surface area contributed by atoms with Crippen LogP contribution in [0.1, 0.15) is 15.9 Å². The first-order chi connectivity index (χ1) is 6.81. The van der Waals surface area contributed by atoms with Crippen molar-refractivity contribution >= 4 is 12.4 Å². The summed E-state index contributed by atoms with van der Waals surface area (Å²) in [5, 5.41) is 8.58. The molecule has 0 bridgehead atoms. The van der Waals surface area contributed by atoms with Crippen LogP contribution in [-0.4, -0.2) is 25.1 Å². The summed E-state index contributed by atoms with van der Waals surface area (Å²) in [5.74, 6) is 0.542. The Kier molecular flexibility index (Phi) is 3.88. The quantitative estimate of drug-likeness (QED) is 0.735. The van der Waals surface area contributed by atoms with Gasteiger partial charge in [0.25, 0.3) is 0 Å². The van der Waals surface area contributed by atoms with E-state index in [1.807, 2.05) is 0 Å². The smallest absolute Gasteiger partial charge is 0.153 e. The number of aliphatic hydroxyl groups excluding tert-OH is 1. The third-order valence-corrected chi connectivity index (χ3v) is 1.80. The van der Waals surface area contributed by atoms with E-state index in [0.29, 0.717) is 11.3 Å². The predicted octanol–water partition coefficient (Wildman–Crippen LogP) is 1.51. The number of ether oxygens (including phenoxy) is 1. The number of carbonyl (C=O) groups excluding carboxylic acids is 1. The van der Waals surface area contributed by atoms with Gasteiger partial charge in [0.15, 0.2) is 6.29 Å². The Bertz CT molecular complexity index is 342. The van der Waals surface area contributed by atoms with Crippen LogP contribution in [0.3, 0.4) is 0 Å². The van der Waals surface area contributed by atoms with E-state index in [-0.39, 0.29) is 6.61 Å². The molecule has 0 amide bonds. The number of methoxy groups -OCH3 is 1. The zero-order chi connectivity index (χ0) is 10.4. The summed E-state index contributed by atoms with van der Waals surface area (Å²) in [6.07, 6.45) is 4.13. The molecule has 0 radical (unpaired) electrons. The fourth-order valence-electron chi connectivity index (χ4n) is 1.12. The van der Waals surface area contributed by atoms with Crippen LogP contribution in [0.25, 0.3) is 6.08 Å². The topological polar surface area (TPSA) is 46.5 Å². The summed E-state index contributed by atoms with van der Waals surface area (Å²) in [7, 11) is 1.52. The van der Waals surface area contributed by atoms with Gasteiger partial charge in [-0.15, -0.1) is 0 Å². The van der Waals surface area contributed by atoms with Crippen molar-refractivity contribution in [2.45, 2.75) is 0 Å². The van der Waals surface area contributed by atoms with E-state index in [1.165, 1.54) is 7.11 Å². The molecular weight excluding hydrogens is 180 g/mol. The lowest BCUT2D eigenvalue weighted by Crippen LogP contribution is -1.90. The molecule has 0 spiro atoms. The summed E-state index contributed by atoms with van der Waals surface area (Å²) >= 11 is 0. The highest BCUT2D eigenvalue weighted by molar-refractivity contribution is 5.80. The average Bonchev–Trinajstić information content (AvgIpc) is 2.25. The monoisotopic (exact) mass is 192 g/mol. The number of aldehydes is 1. The standard InChI is InChI=1S/C11H12O3/c1-14-11-7-9(3-2-6-12)4-5-10(11)8-13/h2-5,7-8,12H,6H2,1H3. The van der Waals surface area contributed by atoms with E-state index < -0.39 is 0 Å². The normalized spacial score (nSPS) is 10.4. The molecule has 0 heterocycles. The molecule has 0 saturated carbocycles. The largest absolute Gasteiger partial charge is 0.496 e. The molecule has 0 atom stereocenters. The molecule has 1 rings (SSSR count). The maximum absolute atomic E-state index is 10.6. The Morgan fingerprint density at radius 1 is 1.50 bits per heavy atom. The van der Waals surface area contributed by atoms with E-state index in [9.17, 15) is 4.79 Å². The number of hydrogen-bond donors (Lipinski definition) is 1.